The predicted octanol–water partition coefficient (Wildman–Crippen LogP) is 2.59. The molecular weight excluding hydrogens is 343 g/mol. The van der Waals surface area contributed by atoms with Crippen molar-refractivity contribution in [1.29, 1.82) is 0 Å². The lowest BCUT2D eigenvalue weighted by Crippen LogP contribution is -2.40. The van der Waals surface area contributed by atoms with Gasteiger partial charge in [0.15, 0.2) is 0 Å². The third-order valence-corrected chi connectivity index (χ3v) is 4.35. The van der Waals surface area contributed by atoms with Gasteiger partial charge in [-0.1, -0.05) is 6.07 Å². The number of carbonyl (C=O) groups excluding carboxylic acids is 1. The van der Waals surface area contributed by atoms with Crippen LogP contribution < -0.4 is 5.32 Å². The van der Waals surface area contributed by atoms with Crippen LogP contribution in [0.3, 0.4) is 0 Å². The van der Waals surface area contributed by atoms with E-state index in [9.17, 15) is 14.0 Å². The molecule has 1 unspecified atom stereocenters. The van der Waals surface area contributed by atoms with E-state index < -0.39 is 11.4 Å². The number of nitrogens with zero attached hydrogens (tertiary/aromatic N) is 1. The van der Waals surface area contributed by atoms with E-state index in [0.717, 1.165) is 0 Å². The van der Waals surface area contributed by atoms with Crippen molar-refractivity contribution >= 4 is 27.9 Å². The second-order valence-corrected chi connectivity index (χ2v) is 6.30. The molecule has 2 amide bonds. The smallest absolute Gasteiger partial charge is 0.317 e. The number of likely N-dealkylation sites (tertiary alicyclic amines) is 1. The number of benzene rings is 1. The molecule has 5 nitrogen and oxygen atoms in total. The Morgan fingerprint density at radius 1 is 1.52 bits per heavy atom. The summed E-state index contributed by atoms with van der Waals surface area (Å²) in [5.74, 6) is -1.28. The van der Waals surface area contributed by atoms with Crippen molar-refractivity contribution in [3.63, 3.8) is 0 Å². The molecule has 1 fully saturated rings. The molecule has 1 aromatic carbocycles. The van der Waals surface area contributed by atoms with Crippen LogP contribution in [0.15, 0.2) is 22.7 Å². The van der Waals surface area contributed by atoms with Crippen molar-refractivity contribution in [3.8, 4) is 0 Å². The summed E-state index contributed by atoms with van der Waals surface area (Å²) in [5.41, 5.74) is -0.245. The Morgan fingerprint density at radius 2 is 2.24 bits per heavy atom. The number of carboxylic acid groups (broad SMARTS) is 1. The van der Waals surface area contributed by atoms with Gasteiger partial charge in [-0.15, -0.1) is 0 Å². The second kappa shape index (κ2) is 6.01. The van der Waals surface area contributed by atoms with Crippen LogP contribution in [-0.4, -0.2) is 35.1 Å². The average Bonchev–Trinajstić information content (AvgIpc) is 2.84. The summed E-state index contributed by atoms with van der Waals surface area (Å²) in [7, 11) is 0. The van der Waals surface area contributed by atoms with Gasteiger partial charge in [0.05, 0.1) is 9.89 Å². The highest BCUT2D eigenvalue weighted by molar-refractivity contribution is 9.10. The van der Waals surface area contributed by atoms with Crippen LogP contribution >= 0.6 is 15.9 Å². The minimum Gasteiger partial charge on any atom is -0.481 e. The van der Waals surface area contributed by atoms with Crippen LogP contribution in [0.4, 0.5) is 9.18 Å². The van der Waals surface area contributed by atoms with E-state index in [1.54, 1.807) is 19.1 Å². The van der Waals surface area contributed by atoms with Gasteiger partial charge in [0.1, 0.15) is 5.82 Å². The van der Waals surface area contributed by atoms with Crippen molar-refractivity contribution < 1.29 is 19.1 Å². The molecule has 0 saturated carbocycles. The lowest BCUT2D eigenvalue weighted by molar-refractivity contribution is -0.147. The molecule has 0 bridgehead atoms. The number of carbonyl (C=O) groups is 2. The highest BCUT2D eigenvalue weighted by atomic mass is 79.9. The van der Waals surface area contributed by atoms with Crippen LogP contribution in [-0.2, 0) is 11.3 Å². The van der Waals surface area contributed by atoms with E-state index in [1.807, 2.05) is 0 Å². The SMILES string of the molecule is CC1(C(=O)O)CCN(C(=O)NCc2ccc(Br)c(F)c2)C1. The fourth-order valence-electron chi connectivity index (χ4n) is 2.25. The first-order valence-corrected chi connectivity index (χ1v) is 7.31. The number of aliphatic carboxylic acids is 1. The third kappa shape index (κ3) is 3.53. The maximum absolute atomic E-state index is 13.4. The van der Waals surface area contributed by atoms with Crippen LogP contribution in [0.25, 0.3) is 0 Å². The molecule has 7 heteroatoms. The third-order valence-electron chi connectivity index (χ3n) is 3.70. The molecule has 1 aliphatic rings. The molecule has 21 heavy (non-hydrogen) atoms. The van der Waals surface area contributed by atoms with Crippen LogP contribution in [0, 0.1) is 11.2 Å². The summed E-state index contributed by atoms with van der Waals surface area (Å²) < 4.78 is 13.7. The Hall–Kier alpha value is -1.63. The quantitative estimate of drug-likeness (QED) is 0.872. The fourth-order valence-corrected chi connectivity index (χ4v) is 2.49. The summed E-state index contributed by atoms with van der Waals surface area (Å²) in [6.45, 7) is 2.42. The second-order valence-electron chi connectivity index (χ2n) is 5.44. The number of rotatable bonds is 3. The van der Waals surface area contributed by atoms with Crippen molar-refractivity contribution in [1.82, 2.24) is 10.2 Å². The van der Waals surface area contributed by atoms with Crippen molar-refractivity contribution in [2.24, 2.45) is 5.41 Å². The van der Waals surface area contributed by atoms with E-state index in [-0.39, 0.29) is 24.9 Å². The monoisotopic (exact) mass is 358 g/mol. The number of hydrogen-bond donors (Lipinski definition) is 2. The number of halogens is 2. The highest BCUT2D eigenvalue weighted by Crippen LogP contribution is 2.30. The number of carboxylic acids is 1. The van der Waals surface area contributed by atoms with E-state index in [2.05, 4.69) is 21.2 Å². The number of nitrogens with one attached hydrogen (secondary N) is 1. The zero-order valence-electron chi connectivity index (χ0n) is 11.5. The Morgan fingerprint density at radius 3 is 2.81 bits per heavy atom. The van der Waals surface area contributed by atoms with Gasteiger partial charge in [0.25, 0.3) is 0 Å². The van der Waals surface area contributed by atoms with E-state index in [4.69, 9.17) is 5.11 Å². The molecule has 0 radical (unpaired) electrons. The first-order valence-electron chi connectivity index (χ1n) is 6.52. The van der Waals surface area contributed by atoms with Gasteiger partial charge in [-0.25, -0.2) is 9.18 Å². The predicted molar refractivity (Wildman–Crippen MR) is 78.3 cm³/mol. The van der Waals surface area contributed by atoms with Crippen LogP contribution in [0.5, 0.6) is 0 Å². The molecule has 2 N–H and O–H groups in total. The van der Waals surface area contributed by atoms with Gasteiger partial charge in [-0.3, -0.25) is 4.79 Å². The van der Waals surface area contributed by atoms with Gasteiger partial charge < -0.3 is 15.3 Å². The summed E-state index contributed by atoms with van der Waals surface area (Å²) >= 11 is 3.06. The minimum atomic E-state index is -0.896. The number of urea groups is 1. The van der Waals surface area contributed by atoms with Gasteiger partial charge in [-0.05, 0) is 47.0 Å². The fraction of sp³-hybridized carbons (Fsp3) is 0.429. The maximum Gasteiger partial charge on any atom is 0.317 e. The Bertz CT molecular complexity index is 581. The van der Waals surface area contributed by atoms with Gasteiger partial charge in [-0.2, -0.15) is 0 Å². The van der Waals surface area contributed by atoms with Crippen LogP contribution in [0.1, 0.15) is 18.9 Å². The minimum absolute atomic E-state index is 0.183. The summed E-state index contributed by atoms with van der Waals surface area (Å²) in [6, 6.07) is 4.30. The molecule has 1 heterocycles. The summed E-state index contributed by atoms with van der Waals surface area (Å²) in [6.07, 6.45) is 0.433. The van der Waals surface area contributed by atoms with Gasteiger partial charge >= 0.3 is 12.0 Å². The zero-order valence-corrected chi connectivity index (χ0v) is 13.1. The maximum atomic E-state index is 13.4. The molecule has 1 aliphatic heterocycles. The van der Waals surface area contributed by atoms with Gasteiger partial charge in [0, 0.05) is 19.6 Å². The molecule has 2 rings (SSSR count). The number of hydrogen-bond acceptors (Lipinski definition) is 2. The molecule has 0 aliphatic carbocycles. The molecule has 1 atom stereocenters. The summed E-state index contributed by atoms with van der Waals surface area (Å²) in [4.78, 5) is 24.6. The van der Waals surface area contributed by atoms with E-state index in [0.29, 0.717) is 23.0 Å². The standard InChI is InChI=1S/C14H16BrFN2O3/c1-14(12(19)20)4-5-18(8-14)13(21)17-7-9-2-3-10(15)11(16)6-9/h2-3,6H,4-5,7-8H2,1H3,(H,17,21)(H,19,20). The van der Waals surface area contributed by atoms with Crippen molar-refractivity contribution in [2.45, 2.75) is 19.9 Å². The van der Waals surface area contributed by atoms with Crippen molar-refractivity contribution in [2.75, 3.05) is 13.1 Å². The molecular formula is C14H16BrFN2O3. The Balaban J connectivity index is 1.91. The topological polar surface area (TPSA) is 69.6 Å². The normalized spacial score (nSPS) is 21.4. The largest absolute Gasteiger partial charge is 0.481 e. The molecule has 1 saturated heterocycles. The Kier molecular flexibility index (Phi) is 4.51. The first kappa shape index (κ1) is 15.8. The number of amides is 2. The van der Waals surface area contributed by atoms with E-state index in [1.165, 1.54) is 11.0 Å². The Labute approximate surface area is 130 Å². The van der Waals surface area contributed by atoms with E-state index >= 15 is 0 Å². The molecule has 1 aromatic rings. The van der Waals surface area contributed by atoms with Crippen LogP contribution in [0.2, 0.25) is 0 Å². The average molecular weight is 359 g/mol. The van der Waals surface area contributed by atoms with Crippen molar-refractivity contribution in [3.05, 3.63) is 34.1 Å². The molecule has 114 valence electrons. The lowest BCUT2D eigenvalue weighted by Gasteiger charge is -2.20. The lowest BCUT2D eigenvalue weighted by atomic mass is 9.90. The first-order chi connectivity index (χ1) is 9.82. The summed E-state index contributed by atoms with van der Waals surface area (Å²) in [5, 5.41) is 11.8. The molecule has 0 aromatic heterocycles. The highest BCUT2D eigenvalue weighted by Gasteiger charge is 2.42. The zero-order chi connectivity index (χ0) is 15.6. The molecule has 0 spiro atoms. The van der Waals surface area contributed by atoms with Gasteiger partial charge in [0.2, 0.25) is 0 Å².